The number of nitrogens with zero attached hydrogens (tertiary/aromatic N) is 4. The predicted octanol–water partition coefficient (Wildman–Crippen LogP) is 4.81. The van der Waals surface area contributed by atoms with Crippen LogP contribution in [0.4, 0.5) is 4.39 Å². The lowest BCUT2D eigenvalue weighted by atomic mass is 10.1. The van der Waals surface area contributed by atoms with Crippen molar-refractivity contribution < 1.29 is 9.13 Å². The van der Waals surface area contributed by atoms with Gasteiger partial charge in [0, 0.05) is 0 Å². The van der Waals surface area contributed by atoms with Crippen LogP contribution in [0.25, 0.3) is 11.4 Å². The molecule has 0 aliphatic rings. The predicted molar refractivity (Wildman–Crippen MR) is 109 cm³/mol. The molecule has 0 N–H and O–H groups in total. The molecule has 0 saturated heterocycles. The number of aliphatic imine (C=N–C) groups is 1. The molecule has 0 aliphatic heterocycles. The molecule has 0 fully saturated rings. The van der Waals surface area contributed by atoms with E-state index in [-0.39, 0.29) is 5.82 Å². The Morgan fingerprint density at radius 2 is 1.86 bits per heavy atom. The lowest BCUT2D eigenvalue weighted by molar-refractivity contribution is 0.403. The maximum absolute atomic E-state index is 14.3. The number of aromatic nitrogens is 3. The zero-order valence-electron chi connectivity index (χ0n) is 16.1. The average Bonchev–Trinajstić information content (AvgIpc) is 3.14. The fourth-order valence-electron chi connectivity index (χ4n) is 2.87. The molecule has 0 spiro atoms. The Morgan fingerprint density at radius 1 is 1.14 bits per heavy atom. The highest BCUT2D eigenvalue weighted by Gasteiger charge is 2.21. The van der Waals surface area contributed by atoms with E-state index in [4.69, 9.17) is 4.74 Å². The standard InChI is InChI=1S/C22H23FN4O/c1-4-5-14-20-21(25-26-27(20)19-15-10-9-13-18(19)23)22(28-3)24-16(2)17-11-7-6-8-12-17/h6-13,15H,2,4-5,14H2,1,3H3/b24-22-. The van der Waals surface area contributed by atoms with Crippen molar-refractivity contribution in [1.29, 1.82) is 0 Å². The first kappa shape index (κ1) is 19.5. The third-order valence-electron chi connectivity index (χ3n) is 4.35. The van der Waals surface area contributed by atoms with E-state index in [1.165, 1.54) is 17.9 Å². The Labute approximate surface area is 164 Å². The van der Waals surface area contributed by atoms with Gasteiger partial charge in [-0.25, -0.2) is 14.1 Å². The van der Waals surface area contributed by atoms with E-state index >= 15 is 0 Å². The van der Waals surface area contributed by atoms with Crippen LogP contribution < -0.4 is 0 Å². The Balaban J connectivity index is 2.05. The summed E-state index contributed by atoms with van der Waals surface area (Å²) < 4.78 is 21.4. The van der Waals surface area contributed by atoms with Crippen molar-refractivity contribution in [2.24, 2.45) is 4.99 Å². The van der Waals surface area contributed by atoms with E-state index in [1.54, 1.807) is 18.2 Å². The van der Waals surface area contributed by atoms with Gasteiger partial charge in [0.15, 0.2) is 5.69 Å². The molecule has 0 amide bonds. The van der Waals surface area contributed by atoms with Gasteiger partial charge in [-0.1, -0.05) is 67.6 Å². The fourth-order valence-corrected chi connectivity index (χ4v) is 2.87. The maximum Gasteiger partial charge on any atom is 0.244 e. The molecular weight excluding hydrogens is 355 g/mol. The number of ether oxygens (including phenoxy) is 1. The van der Waals surface area contributed by atoms with E-state index in [1.807, 2.05) is 30.3 Å². The SMILES string of the molecule is C=C(/N=C(\OC)c1nnn(-c2ccccc2F)c1CCCC)c1ccccc1. The van der Waals surface area contributed by atoms with Gasteiger partial charge >= 0.3 is 0 Å². The van der Waals surface area contributed by atoms with Gasteiger partial charge in [-0.05, 0) is 30.5 Å². The van der Waals surface area contributed by atoms with Crippen LogP contribution in [0.2, 0.25) is 0 Å². The number of hydrogen-bond acceptors (Lipinski definition) is 4. The number of unbranched alkanes of at least 4 members (excludes halogenated alkanes) is 1. The molecule has 0 unspecified atom stereocenters. The fraction of sp³-hybridized carbons (Fsp3) is 0.227. The van der Waals surface area contributed by atoms with Crippen molar-refractivity contribution in [2.45, 2.75) is 26.2 Å². The summed E-state index contributed by atoms with van der Waals surface area (Å²) in [5, 5.41) is 8.44. The van der Waals surface area contributed by atoms with Crippen molar-refractivity contribution in [1.82, 2.24) is 15.0 Å². The number of rotatable bonds is 7. The van der Waals surface area contributed by atoms with Gasteiger partial charge in [-0.2, -0.15) is 0 Å². The molecule has 0 atom stereocenters. The number of halogens is 1. The van der Waals surface area contributed by atoms with E-state index in [0.29, 0.717) is 29.4 Å². The molecule has 6 heteroatoms. The summed E-state index contributed by atoms with van der Waals surface area (Å²) in [6, 6.07) is 16.1. The third-order valence-corrected chi connectivity index (χ3v) is 4.35. The van der Waals surface area contributed by atoms with Gasteiger partial charge in [0.1, 0.15) is 11.5 Å². The van der Waals surface area contributed by atoms with Crippen molar-refractivity contribution in [3.8, 4) is 5.69 Å². The highest BCUT2D eigenvalue weighted by atomic mass is 19.1. The van der Waals surface area contributed by atoms with Gasteiger partial charge in [0.25, 0.3) is 0 Å². The first-order valence-corrected chi connectivity index (χ1v) is 9.22. The van der Waals surface area contributed by atoms with Crippen LogP contribution in [-0.4, -0.2) is 28.0 Å². The zero-order chi connectivity index (χ0) is 19.9. The summed E-state index contributed by atoms with van der Waals surface area (Å²) in [5.41, 5.74) is 3.04. The molecule has 3 rings (SSSR count). The smallest absolute Gasteiger partial charge is 0.244 e. The molecule has 28 heavy (non-hydrogen) atoms. The second-order valence-corrected chi connectivity index (χ2v) is 6.29. The average molecular weight is 378 g/mol. The van der Waals surface area contributed by atoms with Crippen molar-refractivity contribution in [3.63, 3.8) is 0 Å². The summed E-state index contributed by atoms with van der Waals surface area (Å²) in [6.07, 6.45) is 2.57. The van der Waals surface area contributed by atoms with Gasteiger partial charge in [0.05, 0.1) is 18.5 Å². The molecule has 0 saturated carbocycles. The zero-order valence-corrected chi connectivity index (χ0v) is 16.1. The van der Waals surface area contributed by atoms with Crippen molar-refractivity contribution in [2.75, 3.05) is 7.11 Å². The molecule has 0 aliphatic carbocycles. The molecule has 1 heterocycles. The molecule has 144 valence electrons. The highest BCUT2D eigenvalue weighted by molar-refractivity contribution is 5.96. The summed E-state index contributed by atoms with van der Waals surface area (Å²) in [6.45, 7) is 6.12. The number of benzene rings is 2. The molecule has 2 aromatic carbocycles. The molecule has 1 aromatic heterocycles. The Hall–Kier alpha value is -3.28. The van der Waals surface area contributed by atoms with E-state index in [0.717, 1.165) is 24.1 Å². The summed E-state index contributed by atoms with van der Waals surface area (Å²) in [7, 11) is 1.53. The minimum atomic E-state index is -0.360. The molecule has 3 aromatic rings. The van der Waals surface area contributed by atoms with Crippen LogP contribution in [0.3, 0.4) is 0 Å². The van der Waals surface area contributed by atoms with Gasteiger partial charge in [-0.3, -0.25) is 0 Å². The number of methoxy groups -OCH3 is 1. The topological polar surface area (TPSA) is 52.3 Å². The van der Waals surface area contributed by atoms with E-state index < -0.39 is 0 Å². The lowest BCUT2D eigenvalue weighted by Crippen LogP contribution is -2.11. The second-order valence-electron chi connectivity index (χ2n) is 6.29. The Morgan fingerprint density at radius 3 is 2.54 bits per heavy atom. The molecule has 0 radical (unpaired) electrons. The summed E-state index contributed by atoms with van der Waals surface area (Å²) in [5.74, 6) is -0.0520. The lowest BCUT2D eigenvalue weighted by Gasteiger charge is -2.10. The first-order chi connectivity index (χ1) is 13.7. The minimum absolute atomic E-state index is 0.308. The summed E-state index contributed by atoms with van der Waals surface area (Å²) >= 11 is 0. The molecular formula is C22H23FN4O. The van der Waals surface area contributed by atoms with E-state index in [9.17, 15) is 4.39 Å². The van der Waals surface area contributed by atoms with Crippen LogP contribution in [-0.2, 0) is 11.2 Å². The first-order valence-electron chi connectivity index (χ1n) is 9.22. The largest absolute Gasteiger partial charge is 0.479 e. The van der Waals surface area contributed by atoms with Crippen molar-refractivity contribution >= 4 is 11.6 Å². The highest BCUT2D eigenvalue weighted by Crippen LogP contribution is 2.21. The maximum atomic E-state index is 14.3. The van der Waals surface area contributed by atoms with Crippen molar-refractivity contribution in [3.05, 3.63) is 83.9 Å². The third kappa shape index (κ3) is 4.17. The van der Waals surface area contributed by atoms with E-state index in [2.05, 4.69) is 28.8 Å². The molecule has 5 nitrogen and oxygen atoms in total. The van der Waals surface area contributed by atoms with Gasteiger partial charge < -0.3 is 4.74 Å². The van der Waals surface area contributed by atoms with Gasteiger partial charge in [-0.15, -0.1) is 5.10 Å². The van der Waals surface area contributed by atoms with Gasteiger partial charge in [0.2, 0.25) is 5.90 Å². The number of para-hydroxylation sites is 1. The van der Waals surface area contributed by atoms with Crippen LogP contribution in [0, 0.1) is 5.82 Å². The summed E-state index contributed by atoms with van der Waals surface area (Å²) in [4.78, 5) is 4.52. The Kier molecular flexibility index (Phi) is 6.32. The number of hydrogen-bond donors (Lipinski definition) is 0. The van der Waals surface area contributed by atoms with Crippen LogP contribution >= 0.6 is 0 Å². The Bertz CT molecular complexity index is 979. The monoisotopic (exact) mass is 378 g/mol. The van der Waals surface area contributed by atoms with Crippen LogP contribution in [0.5, 0.6) is 0 Å². The quantitative estimate of drug-likeness (QED) is 0.438. The normalized spacial score (nSPS) is 11.5. The van der Waals surface area contributed by atoms with Crippen LogP contribution in [0.1, 0.15) is 36.7 Å². The second kappa shape index (κ2) is 9.08. The van der Waals surface area contributed by atoms with Crippen LogP contribution in [0.15, 0.2) is 66.2 Å². The molecule has 0 bridgehead atoms. The minimum Gasteiger partial charge on any atom is -0.479 e.